The summed E-state index contributed by atoms with van der Waals surface area (Å²) < 4.78 is 13.8. The number of carbonyl (C=O) groups is 1. The molecule has 1 atom stereocenters. The van der Waals surface area contributed by atoms with Gasteiger partial charge in [-0.25, -0.2) is 4.39 Å². The Bertz CT molecular complexity index is 453. The SMILES string of the molecule is NCC1CCCCN1C(=O)c1cccc(Cl)c1F. The fraction of sp³-hybridized carbons (Fsp3) is 0.462. The standard InChI is InChI=1S/C13H16ClFN2O/c14-11-6-3-5-10(12(11)15)13(18)17-7-2-1-4-9(17)8-16/h3,5-6,9H,1-2,4,7-8,16H2. The summed E-state index contributed by atoms with van der Waals surface area (Å²) in [4.78, 5) is 14.0. The first kappa shape index (κ1) is 13.3. The van der Waals surface area contributed by atoms with Crippen molar-refractivity contribution in [2.45, 2.75) is 25.3 Å². The van der Waals surface area contributed by atoms with Gasteiger partial charge in [0.2, 0.25) is 0 Å². The van der Waals surface area contributed by atoms with Gasteiger partial charge in [0, 0.05) is 19.1 Å². The first-order valence-electron chi connectivity index (χ1n) is 6.10. The lowest BCUT2D eigenvalue weighted by atomic mass is 10.0. The van der Waals surface area contributed by atoms with Crippen LogP contribution in [-0.2, 0) is 0 Å². The largest absolute Gasteiger partial charge is 0.334 e. The first-order valence-corrected chi connectivity index (χ1v) is 6.48. The molecule has 1 amide bonds. The van der Waals surface area contributed by atoms with Gasteiger partial charge < -0.3 is 10.6 Å². The molecule has 0 radical (unpaired) electrons. The van der Waals surface area contributed by atoms with Crippen molar-refractivity contribution in [3.63, 3.8) is 0 Å². The number of carbonyl (C=O) groups excluding carboxylic acids is 1. The lowest BCUT2D eigenvalue weighted by Gasteiger charge is -2.35. The van der Waals surface area contributed by atoms with Crippen LogP contribution in [0.4, 0.5) is 4.39 Å². The fourth-order valence-corrected chi connectivity index (χ4v) is 2.51. The van der Waals surface area contributed by atoms with E-state index in [0.29, 0.717) is 13.1 Å². The van der Waals surface area contributed by atoms with Crippen molar-refractivity contribution in [2.24, 2.45) is 5.73 Å². The van der Waals surface area contributed by atoms with Crippen LogP contribution in [0.3, 0.4) is 0 Å². The summed E-state index contributed by atoms with van der Waals surface area (Å²) in [5.41, 5.74) is 5.69. The van der Waals surface area contributed by atoms with Gasteiger partial charge in [0.15, 0.2) is 5.82 Å². The number of amides is 1. The van der Waals surface area contributed by atoms with Crippen LogP contribution >= 0.6 is 11.6 Å². The Kier molecular flexibility index (Phi) is 4.19. The van der Waals surface area contributed by atoms with E-state index in [0.717, 1.165) is 19.3 Å². The molecule has 0 aliphatic carbocycles. The molecule has 2 rings (SSSR count). The maximum Gasteiger partial charge on any atom is 0.257 e. The molecule has 1 fully saturated rings. The number of hydrogen-bond acceptors (Lipinski definition) is 2. The number of rotatable bonds is 2. The molecule has 1 unspecified atom stereocenters. The van der Waals surface area contributed by atoms with Crippen molar-refractivity contribution in [2.75, 3.05) is 13.1 Å². The van der Waals surface area contributed by atoms with E-state index in [-0.39, 0.29) is 22.5 Å². The highest BCUT2D eigenvalue weighted by Crippen LogP contribution is 2.23. The van der Waals surface area contributed by atoms with Gasteiger partial charge in [0.25, 0.3) is 5.91 Å². The summed E-state index contributed by atoms with van der Waals surface area (Å²) in [6.07, 6.45) is 2.87. The number of nitrogens with two attached hydrogens (primary N) is 1. The summed E-state index contributed by atoms with van der Waals surface area (Å²) in [7, 11) is 0. The smallest absolute Gasteiger partial charge is 0.257 e. The minimum Gasteiger partial charge on any atom is -0.334 e. The number of piperidine rings is 1. The van der Waals surface area contributed by atoms with Crippen LogP contribution in [0.5, 0.6) is 0 Å². The maximum absolute atomic E-state index is 13.8. The van der Waals surface area contributed by atoms with Crippen LogP contribution in [0.1, 0.15) is 29.6 Å². The molecule has 0 spiro atoms. The number of halogens is 2. The predicted molar refractivity (Wildman–Crippen MR) is 69.1 cm³/mol. The fourth-order valence-electron chi connectivity index (χ4n) is 2.34. The topological polar surface area (TPSA) is 46.3 Å². The second-order valence-corrected chi connectivity index (χ2v) is 4.89. The van der Waals surface area contributed by atoms with E-state index in [1.807, 2.05) is 0 Å². The summed E-state index contributed by atoms with van der Waals surface area (Å²) in [6, 6.07) is 4.49. The molecule has 1 heterocycles. The van der Waals surface area contributed by atoms with Crippen LogP contribution in [-0.4, -0.2) is 29.9 Å². The molecular weight excluding hydrogens is 255 g/mol. The third kappa shape index (κ3) is 2.49. The molecule has 1 saturated heterocycles. The third-order valence-corrected chi connectivity index (χ3v) is 3.63. The quantitative estimate of drug-likeness (QED) is 0.897. The molecule has 0 saturated carbocycles. The Balaban J connectivity index is 2.27. The van der Waals surface area contributed by atoms with Crippen molar-refractivity contribution in [3.05, 3.63) is 34.6 Å². The number of likely N-dealkylation sites (tertiary alicyclic amines) is 1. The number of hydrogen-bond donors (Lipinski definition) is 1. The van der Waals surface area contributed by atoms with Crippen molar-refractivity contribution in [1.82, 2.24) is 4.90 Å². The summed E-state index contributed by atoms with van der Waals surface area (Å²) in [5, 5.41) is -0.0258. The van der Waals surface area contributed by atoms with Gasteiger partial charge in [-0.15, -0.1) is 0 Å². The van der Waals surface area contributed by atoms with Crippen molar-refractivity contribution in [1.29, 1.82) is 0 Å². The normalized spacial score (nSPS) is 19.9. The van der Waals surface area contributed by atoms with Crippen LogP contribution < -0.4 is 5.73 Å². The Labute approximate surface area is 111 Å². The molecule has 0 bridgehead atoms. The monoisotopic (exact) mass is 270 g/mol. The van der Waals surface area contributed by atoms with E-state index in [4.69, 9.17) is 17.3 Å². The highest BCUT2D eigenvalue weighted by Gasteiger charge is 2.28. The van der Waals surface area contributed by atoms with Crippen molar-refractivity contribution in [3.8, 4) is 0 Å². The molecule has 2 N–H and O–H groups in total. The Morgan fingerprint density at radius 1 is 1.50 bits per heavy atom. The highest BCUT2D eigenvalue weighted by atomic mass is 35.5. The first-order chi connectivity index (χ1) is 8.65. The van der Waals surface area contributed by atoms with Gasteiger partial charge in [-0.2, -0.15) is 0 Å². The molecule has 98 valence electrons. The zero-order valence-corrected chi connectivity index (χ0v) is 10.8. The van der Waals surface area contributed by atoms with Gasteiger partial charge >= 0.3 is 0 Å². The van der Waals surface area contributed by atoms with E-state index in [1.54, 1.807) is 11.0 Å². The molecule has 1 aliphatic heterocycles. The lowest BCUT2D eigenvalue weighted by molar-refractivity contribution is 0.0618. The van der Waals surface area contributed by atoms with Gasteiger partial charge in [0.1, 0.15) is 0 Å². The van der Waals surface area contributed by atoms with E-state index in [2.05, 4.69) is 0 Å². The summed E-state index contributed by atoms with van der Waals surface area (Å²) >= 11 is 5.70. The Morgan fingerprint density at radius 3 is 3.00 bits per heavy atom. The molecule has 1 aliphatic rings. The third-order valence-electron chi connectivity index (χ3n) is 3.34. The molecule has 5 heteroatoms. The number of benzene rings is 1. The summed E-state index contributed by atoms with van der Waals surface area (Å²) in [5.74, 6) is -0.962. The van der Waals surface area contributed by atoms with Crippen molar-refractivity contribution < 1.29 is 9.18 Å². The number of nitrogens with zero attached hydrogens (tertiary/aromatic N) is 1. The lowest BCUT2D eigenvalue weighted by Crippen LogP contribution is -2.47. The van der Waals surface area contributed by atoms with Crippen LogP contribution in [0.25, 0.3) is 0 Å². The minimum absolute atomic E-state index is 0.00429. The highest BCUT2D eigenvalue weighted by molar-refractivity contribution is 6.31. The molecule has 0 aromatic heterocycles. The Morgan fingerprint density at radius 2 is 2.28 bits per heavy atom. The maximum atomic E-state index is 13.8. The van der Waals surface area contributed by atoms with Gasteiger partial charge in [-0.05, 0) is 31.4 Å². The summed E-state index contributed by atoms with van der Waals surface area (Å²) in [6.45, 7) is 1.04. The second kappa shape index (κ2) is 5.67. The van der Waals surface area contributed by atoms with Crippen LogP contribution in [0.15, 0.2) is 18.2 Å². The van der Waals surface area contributed by atoms with Crippen LogP contribution in [0, 0.1) is 5.82 Å². The van der Waals surface area contributed by atoms with E-state index < -0.39 is 5.82 Å². The van der Waals surface area contributed by atoms with E-state index in [9.17, 15) is 9.18 Å². The van der Waals surface area contributed by atoms with Gasteiger partial charge in [-0.3, -0.25) is 4.79 Å². The average Bonchev–Trinajstić information content (AvgIpc) is 2.41. The molecule has 1 aromatic carbocycles. The van der Waals surface area contributed by atoms with Crippen molar-refractivity contribution >= 4 is 17.5 Å². The predicted octanol–water partition coefficient (Wildman–Crippen LogP) is 2.43. The van der Waals surface area contributed by atoms with Gasteiger partial charge in [0.05, 0.1) is 10.6 Å². The zero-order chi connectivity index (χ0) is 13.1. The zero-order valence-electron chi connectivity index (χ0n) is 10.0. The second-order valence-electron chi connectivity index (χ2n) is 4.49. The van der Waals surface area contributed by atoms with E-state index in [1.165, 1.54) is 12.1 Å². The molecule has 3 nitrogen and oxygen atoms in total. The molecular formula is C13H16ClFN2O. The van der Waals surface area contributed by atoms with Gasteiger partial charge in [-0.1, -0.05) is 17.7 Å². The minimum atomic E-state index is -0.648. The molecule has 1 aromatic rings. The van der Waals surface area contributed by atoms with E-state index >= 15 is 0 Å². The van der Waals surface area contributed by atoms with Crippen LogP contribution in [0.2, 0.25) is 5.02 Å². The Hall–Kier alpha value is -1.13. The molecule has 18 heavy (non-hydrogen) atoms. The average molecular weight is 271 g/mol.